The van der Waals surface area contributed by atoms with Crippen LogP contribution in [0, 0.1) is 0 Å². The van der Waals surface area contributed by atoms with E-state index in [1.54, 1.807) is 0 Å². The molecule has 0 aliphatic carbocycles. The Morgan fingerprint density at radius 1 is 0.613 bits per heavy atom. The van der Waals surface area contributed by atoms with Crippen LogP contribution in [0.25, 0.3) is 0 Å². The third-order valence-electron chi connectivity index (χ3n) is 5.78. The quantitative estimate of drug-likeness (QED) is 0.122. The van der Waals surface area contributed by atoms with Crippen molar-refractivity contribution in [3.63, 3.8) is 0 Å². The van der Waals surface area contributed by atoms with Gasteiger partial charge in [-0.25, -0.2) is 0 Å². The lowest BCUT2D eigenvalue weighted by Crippen LogP contribution is -2.51. The van der Waals surface area contributed by atoms with Crippen molar-refractivity contribution in [2.75, 3.05) is 26.2 Å². The highest BCUT2D eigenvalue weighted by Crippen LogP contribution is 2.14. The molecule has 0 spiro atoms. The number of unbranched alkanes of at least 4 members (excludes halogenated alkanes) is 10. The molecular weight excluding hydrogens is 398 g/mol. The number of allylic oxidation sites excluding steroid dienone is 1. The van der Waals surface area contributed by atoms with Crippen molar-refractivity contribution in [1.29, 1.82) is 0 Å². The monoisotopic (exact) mass is 442 g/mol. The zero-order valence-electron chi connectivity index (χ0n) is 19.4. The lowest BCUT2D eigenvalue weighted by atomic mass is 10.1. The highest BCUT2D eigenvalue weighted by atomic mass is 16.4. The third-order valence-corrected chi connectivity index (χ3v) is 5.78. The summed E-state index contributed by atoms with van der Waals surface area (Å²) in [5.74, 6) is -2.87. The summed E-state index contributed by atoms with van der Waals surface area (Å²) < 4.78 is 0.180. The van der Waals surface area contributed by atoms with E-state index >= 15 is 0 Å². The predicted molar refractivity (Wildman–Crippen MR) is 122 cm³/mol. The average molecular weight is 443 g/mol. The van der Waals surface area contributed by atoms with Crippen LogP contribution in [0.4, 0.5) is 0 Å². The summed E-state index contributed by atoms with van der Waals surface area (Å²) in [5, 5.41) is 27.2. The molecule has 0 aliphatic rings. The maximum absolute atomic E-state index is 11.1. The Bertz CT molecular complexity index is 487. The number of quaternary nitrogens is 1. The third kappa shape index (κ3) is 18.6. The summed E-state index contributed by atoms with van der Waals surface area (Å²) in [5.41, 5.74) is 0. The number of carboxylic acid groups (broad SMARTS) is 3. The summed E-state index contributed by atoms with van der Waals surface area (Å²) >= 11 is 0. The molecule has 7 heteroatoms. The molecule has 0 aliphatic heterocycles. The van der Waals surface area contributed by atoms with Gasteiger partial charge in [0, 0.05) is 0 Å². The van der Waals surface area contributed by atoms with Gasteiger partial charge in [-0.1, -0.05) is 70.8 Å². The van der Waals surface area contributed by atoms with Crippen LogP contribution in [0.3, 0.4) is 0 Å². The van der Waals surface area contributed by atoms with Crippen LogP contribution in [0.2, 0.25) is 0 Å². The molecule has 0 aromatic rings. The van der Waals surface area contributed by atoms with Gasteiger partial charge in [-0.3, -0.25) is 14.4 Å². The summed E-state index contributed by atoms with van der Waals surface area (Å²) in [4.78, 5) is 33.2. The zero-order valence-corrected chi connectivity index (χ0v) is 19.4. The summed E-state index contributed by atoms with van der Waals surface area (Å²) in [6.45, 7) is 3.40. The zero-order chi connectivity index (χ0) is 23.4. The number of aliphatic carboxylic acids is 3. The molecule has 0 aromatic carbocycles. The Morgan fingerprint density at radius 3 is 1.39 bits per heavy atom. The SMILES string of the molecule is CCCCCCCCCCCC/C=C/C[N+](CCC(=O)O)(CCC(=O)O)CCC(=O)O. The minimum Gasteiger partial charge on any atom is -0.481 e. The number of carboxylic acids is 3. The van der Waals surface area contributed by atoms with E-state index in [0.717, 1.165) is 12.8 Å². The molecule has 0 aromatic heterocycles. The fourth-order valence-corrected chi connectivity index (χ4v) is 3.77. The normalized spacial score (nSPS) is 11.8. The Hall–Kier alpha value is -1.89. The maximum atomic E-state index is 11.1. The first-order valence-electron chi connectivity index (χ1n) is 12.0. The molecule has 0 radical (unpaired) electrons. The molecule has 0 amide bonds. The van der Waals surface area contributed by atoms with Gasteiger partial charge < -0.3 is 19.8 Å². The van der Waals surface area contributed by atoms with Crippen molar-refractivity contribution < 1.29 is 34.2 Å². The number of hydrogen-bond acceptors (Lipinski definition) is 3. The number of hydrogen-bond donors (Lipinski definition) is 3. The van der Waals surface area contributed by atoms with Crippen LogP contribution in [-0.4, -0.2) is 63.9 Å². The van der Waals surface area contributed by atoms with Crippen LogP contribution < -0.4 is 0 Å². The molecule has 0 bridgehead atoms. The Labute approximate surface area is 187 Å². The van der Waals surface area contributed by atoms with E-state index in [1.807, 2.05) is 6.08 Å². The highest BCUT2D eigenvalue weighted by molar-refractivity contribution is 5.67. The van der Waals surface area contributed by atoms with Crippen LogP contribution in [0.5, 0.6) is 0 Å². The van der Waals surface area contributed by atoms with E-state index in [4.69, 9.17) is 15.3 Å². The van der Waals surface area contributed by atoms with E-state index in [1.165, 1.54) is 57.8 Å². The molecule has 0 atom stereocenters. The molecule has 7 nitrogen and oxygen atoms in total. The second-order valence-electron chi connectivity index (χ2n) is 8.57. The fraction of sp³-hybridized carbons (Fsp3) is 0.792. The Kier molecular flexibility index (Phi) is 17.7. The van der Waals surface area contributed by atoms with Gasteiger partial charge in [-0.2, -0.15) is 0 Å². The topological polar surface area (TPSA) is 112 Å². The maximum Gasteiger partial charge on any atom is 0.309 e. The molecule has 0 unspecified atom stereocenters. The molecule has 0 fully saturated rings. The summed E-state index contributed by atoms with van der Waals surface area (Å²) in [6.07, 6.45) is 17.5. The average Bonchev–Trinajstić information content (AvgIpc) is 2.72. The minimum absolute atomic E-state index is 0.106. The van der Waals surface area contributed by atoms with E-state index in [2.05, 4.69) is 13.0 Å². The molecular formula is C24H44NO6+. The van der Waals surface area contributed by atoms with E-state index in [9.17, 15) is 14.4 Å². The predicted octanol–water partition coefficient (Wildman–Crippen LogP) is 5.09. The summed E-state index contributed by atoms with van der Waals surface area (Å²) in [7, 11) is 0. The number of carbonyl (C=O) groups is 3. The lowest BCUT2D eigenvalue weighted by molar-refractivity contribution is -0.921. The Morgan fingerprint density at radius 2 is 1.00 bits per heavy atom. The van der Waals surface area contributed by atoms with E-state index < -0.39 is 17.9 Å². The van der Waals surface area contributed by atoms with Gasteiger partial charge in [0.05, 0.1) is 45.4 Å². The van der Waals surface area contributed by atoms with Gasteiger partial charge in [-0.15, -0.1) is 0 Å². The molecule has 3 N–H and O–H groups in total. The molecule has 0 saturated carbocycles. The van der Waals surface area contributed by atoms with E-state index in [0.29, 0.717) is 6.54 Å². The van der Waals surface area contributed by atoms with Gasteiger partial charge in [0.1, 0.15) is 0 Å². The largest absolute Gasteiger partial charge is 0.481 e. The minimum atomic E-state index is -0.956. The van der Waals surface area contributed by atoms with Crippen LogP contribution in [0.1, 0.15) is 96.8 Å². The first kappa shape index (κ1) is 29.1. The van der Waals surface area contributed by atoms with Crippen LogP contribution in [0.15, 0.2) is 12.2 Å². The number of nitrogens with zero attached hydrogens (tertiary/aromatic N) is 1. The second-order valence-corrected chi connectivity index (χ2v) is 8.57. The van der Waals surface area contributed by atoms with Gasteiger partial charge >= 0.3 is 17.9 Å². The van der Waals surface area contributed by atoms with Crippen molar-refractivity contribution >= 4 is 17.9 Å². The molecule has 31 heavy (non-hydrogen) atoms. The first-order valence-corrected chi connectivity index (χ1v) is 12.0. The lowest BCUT2D eigenvalue weighted by Gasteiger charge is -2.37. The first-order chi connectivity index (χ1) is 14.8. The smallest absolute Gasteiger partial charge is 0.309 e. The van der Waals surface area contributed by atoms with Crippen molar-refractivity contribution in [2.24, 2.45) is 0 Å². The van der Waals surface area contributed by atoms with E-state index in [-0.39, 0.29) is 43.4 Å². The molecule has 0 saturated heterocycles. The van der Waals surface area contributed by atoms with Crippen molar-refractivity contribution in [2.45, 2.75) is 96.8 Å². The van der Waals surface area contributed by atoms with Gasteiger partial charge in [0.25, 0.3) is 0 Å². The van der Waals surface area contributed by atoms with Crippen molar-refractivity contribution in [3.8, 4) is 0 Å². The highest BCUT2D eigenvalue weighted by Gasteiger charge is 2.28. The van der Waals surface area contributed by atoms with Gasteiger partial charge in [0.2, 0.25) is 0 Å². The van der Waals surface area contributed by atoms with Gasteiger partial charge in [0.15, 0.2) is 0 Å². The Balaban J connectivity index is 4.38. The molecule has 180 valence electrons. The number of rotatable bonds is 22. The standard InChI is InChI=1S/C24H43NO6/c1-2-3-4-5-6-7-8-9-10-11-12-13-14-18-25(19-15-22(26)27,20-16-23(28)29)21-17-24(30)31/h13-14H,2-12,15-21H2,1H3,(H2-,26,27,28,29,30,31)/p+1/b14-13+. The van der Waals surface area contributed by atoms with Crippen molar-refractivity contribution in [3.05, 3.63) is 12.2 Å². The second kappa shape index (κ2) is 18.8. The van der Waals surface area contributed by atoms with Crippen LogP contribution in [-0.2, 0) is 14.4 Å². The molecule has 0 rings (SSSR count). The fourth-order valence-electron chi connectivity index (χ4n) is 3.77. The summed E-state index contributed by atoms with van der Waals surface area (Å²) in [6, 6.07) is 0. The van der Waals surface area contributed by atoms with Gasteiger partial charge in [-0.05, 0) is 18.9 Å². The van der Waals surface area contributed by atoms with Crippen LogP contribution >= 0.6 is 0 Å². The van der Waals surface area contributed by atoms with Crippen molar-refractivity contribution in [1.82, 2.24) is 0 Å². The molecule has 0 heterocycles.